The van der Waals surface area contributed by atoms with Crippen LogP contribution >= 0.6 is 0 Å². The Kier molecular flexibility index (Phi) is 10.4. The van der Waals surface area contributed by atoms with E-state index in [-0.39, 0.29) is 5.97 Å². The summed E-state index contributed by atoms with van der Waals surface area (Å²) in [6.45, 7) is 3.54. The van der Waals surface area contributed by atoms with E-state index in [2.05, 4.69) is 25.6 Å². The summed E-state index contributed by atoms with van der Waals surface area (Å²) < 4.78 is 4.51. The molecule has 0 spiro atoms. The predicted molar refractivity (Wildman–Crippen MR) is 57.6 cm³/mol. The highest BCUT2D eigenvalue weighted by Gasteiger charge is 1.97. The number of carbonyl (C=O) groups is 1. The number of nitrogens with one attached hydrogen (secondary N) is 2. The van der Waals surface area contributed by atoms with Gasteiger partial charge < -0.3 is 15.4 Å². The molecule has 5 heteroatoms. The summed E-state index contributed by atoms with van der Waals surface area (Å²) in [6, 6.07) is 1.03. The molecule has 0 fully saturated rings. The van der Waals surface area contributed by atoms with E-state index in [0.717, 1.165) is 32.1 Å². The van der Waals surface area contributed by atoms with Gasteiger partial charge in [0.15, 0.2) is 0 Å². The molecule has 3 radical (unpaired) electrons. The van der Waals surface area contributed by atoms with Crippen LogP contribution in [0.1, 0.15) is 12.8 Å². The van der Waals surface area contributed by atoms with Gasteiger partial charge in [-0.3, -0.25) is 4.79 Å². The normalized spacial score (nSPS) is 10.1. The molecule has 0 aliphatic carbocycles. The van der Waals surface area contributed by atoms with Crippen molar-refractivity contribution in [1.82, 2.24) is 10.6 Å². The molecule has 0 atom stereocenters. The topological polar surface area (TPSA) is 50.4 Å². The highest BCUT2D eigenvalue weighted by Crippen LogP contribution is 1.81. The second kappa shape index (κ2) is 10.7. The molecule has 2 N–H and O–H groups in total. The molecule has 0 aromatic rings. The van der Waals surface area contributed by atoms with Gasteiger partial charge in [-0.1, -0.05) is 6.04 Å². The van der Waals surface area contributed by atoms with E-state index in [4.69, 9.17) is 0 Å². The first-order valence-electron chi connectivity index (χ1n) is 4.94. The number of methoxy groups -OCH3 is 1. The lowest BCUT2D eigenvalue weighted by molar-refractivity contribution is -0.140. The Labute approximate surface area is 89.2 Å². The Morgan fingerprint density at radius 3 is 2.43 bits per heavy atom. The molecule has 81 valence electrons. The summed E-state index contributed by atoms with van der Waals surface area (Å²) in [6.07, 6.45) is 1.58. The van der Waals surface area contributed by atoms with Crippen molar-refractivity contribution in [2.24, 2.45) is 0 Å². The number of rotatable bonds is 9. The fourth-order valence-electron chi connectivity index (χ4n) is 0.933. The van der Waals surface area contributed by atoms with E-state index >= 15 is 0 Å². The first kappa shape index (κ1) is 13.6. The SMILES string of the molecule is COC(=O)CCNCCNCCC[Si]. The number of hydrogen-bond donors (Lipinski definition) is 2. The molecule has 0 unspecified atom stereocenters. The van der Waals surface area contributed by atoms with Crippen molar-refractivity contribution >= 4 is 16.2 Å². The highest BCUT2D eigenvalue weighted by molar-refractivity contribution is 6.08. The predicted octanol–water partition coefficient (Wildman–Crippen LogP) is -0.294. The summed E-state index contributed by atoms with van der Waals surface area (Å²) >= 11 is 0. The zero-order valence-corrected chi connectivity index (χ0v) is 9.77. The van der Waals surface area contributed by atoms with Gasteiger partial charge in [-0.15, -0.1) is 0 Å². The van der Waals surface area contributed by atoms with E-state index in [1.54, 1.807) is 0 Å². The molecule has 0 aromatic heterocycles. The van der Waals surface area contributed by atoms with Gasteiger partial charge in [-0.05, 0) is 13.0 Å². The molecule has 0 saturated heterocycles. The van der Waals surface area contributed by atoms with Gasteiger partial charge in [-0.25, -0.2) is 0 Å². The van der Waals surface area contributed by atoms with Crippen LogP contribution in [0.3, 0.4) is 0 Å². The van der Waals surface area contributed by atoms with Gasteiger partial charge in [0.2, 0.25) is 0 Å². The van der Waals surface area contributed by atoms with Gasteiger partial charge in [0.05, 0.1) is 13.5 Å². The van der Waals surface area contributed by atoms with Crippen molar-refractivity contribution in [3.8, 4) is 0 Å². The van der Waals surface area contributed by atoms with Crippen molar-refractivity contribution in [3.63, 3.8) is 0 Å². The van der Waals surface area contributed by atoms with Crippen molar-refractivity contribution in [1.29, 1.82) is 0 Å². The minimum atomic E-state index is -0.162. The highest BCUT2D eigenvalue weighted by atomic mass is 28.1. The standard InChI is InChI=1S/C9H19N2O2Si/c1-13-9(12)3-5-11-7-6-10-4-2-8-14/h10-11H,2-8H2,1H3. The van der Waals surface area contributed by atoms with Crippen molar-refractivity contribution in [3.05, 3.63) is 0 Å². The number of carbonyl (C=O) groups excluding carboxylic acids is 1. The van der Waals surface area contributed by atoms with Gasteiger partial charge in [0.1, 0.15) is 0 Å². The molecule has 4 nitrogen and oxygen atoms in total. The van der Waals surface area contributed by atoms with E-state index < -0.39 is 0 Å². The van der Waals surface area contributed by atoms with Crippen LogP contribution in [0.4, 0.5) is 0 Å². The maximum absolute atomic E-state index is 10.7. The Morgan fingerprint density at radius 1 is 1.21 bits per heavy atom. The summed E-state index contributed by atoms with van der Waals surface area (Å²) in [5, 5.41) is 6.43. The molecule has 0 amide bonds. The Bertz CT molecular complexity index is 145. The van der Waals surface area contributed by atoms with E-state index in [1.165, 1.54) is 7.11 Å². The Hall–Kier alpha value is -0.393. The van der Waals surface area contributed by atoms with Crippen LogP contribution in [0.2, 0.25) is 6.04 Å². The van der Waals surface area contributed by atoms with Crippen molar-refractivity contribution in [2.75, 3.05) is 33.3 Å². The molecule has 0 rings (SSSR count). The zero-order valence-electron chi connectivity index (χ0n) is 8.77. The third-order valence-corrected chi connectivity index (χ3v) is 2.10. The third kappa shape index (κ3) is 9.69. The largest absolute Gasteiger partial charge is 0.469 e. The average molecular weight is 215 g/mol. The minimum absolute atomic E-state index is 0.162. The molecule has 0 aliphatic rings. The van der Waals surface area contributed by atoms with Crippen molar-refractivity contribution < 1.29 is 9.53 Å². The smallest absolute Gasteiger partial charge is 0.306 e. The van der Waals surface area contributed by atoms with Gasteiger partial charge in [0, 0.05) is 29.9 Å². The van der Waals surface area contributed by atoms with Gasteiger partial charge in [0.25, 0.3) is 0 Å². The van der Waals surface area contributed by atoms with Crippen LogP contribution in [0.15, 0.2) is 0 Å². The summed E-state index contributed by atoms with van der Waals surface area (Å²) in [5.74, 6) is -0.162. The van der Waals surface area contributed by atoms with Crippen LogP contribution in [0, 0.1) is 0 Å². The second-order valence-electron chi connectivity index (χ2n) is 2.93. The number of esters is 1. The fraction of sp³-hybridized carbons (Fsp3) is 0.889. The maximum atomic E-state index is 10.7. The van der Waals surface area contributed by atoms with Gasteiger partial charge >= 0.3 is 5.97 Å². The first-order chi connectivity index (χ1) is 6.81. The molecule has 0 aliphatic heterocycles. The van der Waals surface area contributed by atoms with E-state index in [1.807, 2.05) is 0 Å². The molecule has 14 heavy (non-hydrogen) atoms. The Balaban J connectivity index is 2.95. The molecule has 0 bridgehead atoms. The maximum Gasteiger partial charge on any atom is 0.306 e. The van der Waals surface area contributed by atoms with Crippen LogP contribution in [0.25, 0.3) is 0 Å². The molecular weight excluding hydrogens is 196 g/mol. The minimum Gasteiger partial charge on any atom is -0.469 e. The number of ether oxygens (including phenoxy) is 1. The first-order valence-corrected chi connectivity index (χ1v) is 5.64. The lowest BCUT2D eigenvalue weighted by Crippen LogP contribution is -2.29. The lowest BCUT2D eigenvalue weighted by atomic mass is 10.4. The fourth-order valence-corrected chi connectivity index (χ4v) is 1.11. The molecule has 0 heterocycles. The lowest BCUT2D eigenvalue weighted by Gasteiger charge is -2.05. The number of hydrogen-bond acceptors (Lipinski definition) is 4. The van der Waals surface area contributed by atoms with Crippen LogP contribution < -0.4 is 10.6 Å². The monoisotopic (exact) mass is 215 g/mol. The van der Waals surface area contributed by atoms with Crippen LogP contribution in [0.5, 0.6) is 0 Å². The van der Waals surface area contributed by atoms with Crippen molar-refractivity contribution in [2.45, 2.75) is 18.9 Å². The van der Waals surface area contributed by atoms with Gasteiger partial charge in [-0.2, -0.15) is 0 Å². The quantitative estimate of drug-likeness (QED) is 0.315. The molecule has 0 saturated carbocycles. The van der Waals surface area contributed by atoms with Crippen LogP contribution in [-0.4, -0.2) is 49.5 Å². The Morgan fingerprint density at radius 2 is 1.86 bits per heavy atom. The molecule has 0 aromatic carbocycles. The summed E-state index contributed by atoms with van der Waals surface area (Å²) in [4.78, 5) is 10.7. The zero-order chi connectivity index (χ0) is 10.6. The molecular formula is C9H19N2O2Si. The summed E-state index contributed by atoms with van der Waals surface area (Å²) in [5.41, 5.74) is 0. The average Bonchev–Trinajstić information content (AvgIpc) is 2.21. The third-order valence-electron chi connectivity index (χ3n) is 1.74. The van der Waals surface area contributed by atoms with E-state index in [9.17, 15) is 4.79 Å². The summed E-state index contributed by atoms with van der Waals surface area (Å²) in [7, 11) is 4.81. The van der Waals surface area contributed by atoms with Crippen LogP contribution in [-0.2, 0) is 9.53 Å². The second-order valence-corrected chi connectivity index (χ2v) is 3.43. The van der Waals surface area contributed by atoms with E-state index in [0.29, 0.717) is 13.0 Å².